The Morgan fingerprint density at radius 2 is 2.24 bits per heavy atom. The van der Waals surface area contributed by atoms with E-state index in [-0.39, 0.29) is 5.91 Å². The first-order valence-corrected chi connectivity index (χ1v) is 7.36. The third-order valence-corrected chi connectivity index (χ3v) is 3.81. The van der Waals surface area contributed by atoms with Crippen LogP contribution in [0.3, 0.4) is 0 Å². The quantitative estimate of drug-likeness (QED) is 0.659. The summed E-state index contributed by atoms with van der Waals surface area (Å²) in [5, 5.41) is 2.85. The molecule has 2 aromatic rings. The number of benzene rings is 1. The first kappa shape index (κ1) is 13.6. The maximum absolute atomic E-state index is 11.7. The highest BCUT2D eigenvalue weighted by molar-refractivity contribution is 6.00. The van der Waals surface area contributed by atoms with E-state index >= 15 is 0 Å². The topological polar surface area (TPSA) is 57.8 Å². The maximum atomic E-state index is 11.7. The van der Waals surface area contributed by atoms with Crippen LogP contribution in [0.2, 0.25) is 0 Å². The number of nitrogens with zero attached hydrogens (tertiary/aromatic N) is 1. The number of hydrogen-bond acceptors (Lipinski definition) is 2. The van der Waals surface area contributed by atoms with Gasteiger partial charge in [0, 0.05) is 17.7 Å². The highest BCUT2D eigenvalue weighted by Gasteiger charge is 2.22. The van der Waals surface area contributed by atoms with Gasteiger partial charge < -0.3 is 10.3 Å². The number of aromatic amines is 1. The van der Waals surface area contributed by atoms with Crippen molar-refractivity contribution >= 4 is 22.6 Å². The van der Waals surface area contributed by atoms with Crippen molar-refractivity contribution in [2.45, 2.75) is 32.1 Å². The van der Waals surface area contributed by atoms with E-state index < -0.39 is 0 Å². The zero-order chi connectivity index (χ0) is 14.7. The lowest BCUT2D eigenvalue weighted by molar-refractivity contribution is -0.111. The molecule has 21 heavy (non-hydrogen) atoms. The largest absolute Gasteiger partial charge is 0.342 e. The Hall–Kier alpha value is -2.36. The van der Waals surface area contributed by atoms with Crippen molar-refractivity contribution in [2.75, 3.05) is 5.32 Å². The molecule has 1 aromatic heterocycles. The first-order chi connectivity index (χ1) is 10.3. The van der Waals surface area contributed by atoms with E-state index in [1.807, 2.05) is 37.3 Å². The second-order valence-corrected chi connectivity index (χ2v) is 5.36. The summed E-state index contributed by atoms with van der Waals surface area (Å²) >= 11 is 0. The van der Waals surface area contributed by atoms with Gasteiger partial charge in [0.2, 0.25) is 5.91 Å². The summed E-state index contributed by atoms with van der Waals surface area (Å²) in [5.41, 5.74) is 2.72. The zero-order valence-electron chi connectivity index (χ0n) is 12.1. The molecule has 1 aliphatic rings. The van der Waals surface area contributed by atoms with Gasteiger partial charge in [-0.3, -0.25) is 4.79 Å². The second kappa shape index (κ2) is 5.95. The molecular formula is C17H19N3O. The minimum absolute atomic E-state index is 0.133. The maximum Gasteiger partial charge on any atom is 0.248 e. The van der Waals surface area contributed by atoms with Crippen molar-refractivity contribution in [1.82, 2.24) is 9.97 Å². The zero-order valence-corrected chi connectivity index (χ0v) is 12.1. The van der Waals surface area contributed by atoms with E-state index in [9.17, 15) is 4.79 Å². The first-order valence-electron chi connectivity index (χ1n) is 7.36. The second-order valence-electron chi connectivity index (χ2n) is 5.36. The van der Waals surface area contributed by atoms with Crippen LogP contribution in [0, 0.1) is 0 Å². The Morgan fingerprint density at radius 3 is 2.95 bits per heavy atom. The van der Waals surface area contributed by atoms with Gasteiger partial charge in [0.25, 0.3) is 0 Å². The van der Waals surface area contributed by atoms with Crippen molar-refractivity contribution in [3.63, 3.8) is 0 Å². The summed E-state index contributed by atoms with van der Waals surface area (Å²) in [5.74, 6) is 1.53. The van der Waals surface area contributed by atoms with Crippen LogP contribution in [-0.4, -0.2) is 15.9 Å². The van der Waals surface area contributed by atoms with E-state index in [1.165, 1.54) is 25.3 Å². The van der Waals surface area contributed by atoms with Gasteiger partial charge in [-0.25, -0.2) is 4.98 Å². The van der Waals surface area contributed by atoms with E-state index in [2.05, 4.69) is 15.3 Å². The van der Waals surface area contributed by atoms with E-state index in [4.69, 9.17) is 0 Å². The smallest absolute Gasteiger partial charge is 0.248 e. The number of amides is 1. The average molecular weight is 281 g/mol. The van der Waals surface area contributed by atoms with Crippen LogP contribution in [0.4, 0.5) is 5.69 Å². The molecule has 1 heterocycles. The van der Waals surface area contributed by atoms with E-state index in [0.717, 1.165) is 22.5 Å². The molecule has 0 aliphatic heterocycles. The molecule has 4 heteroatoms. The molecule has 2 N–H and O–H groups in total. The summed E-state index contributed by atoms with van der Waals surface area (Å²) in [7, 11) is 0. The standard InChI is InChI=1S/C17H19N3O/c1-2-3-4-8-16(21)18-13-9-10-14-15(11-13)20-17(19-14)12-6-5-7-12/h2-4,8-12H,5-7H2,1H3,(H,18,21)(H,19,20)/b3-2+,8-4+. The van der Waals surface area contributed by atoms with Gasteiger partial charge in [-0.05, 0) is 38.0 Å². The fourth-order valence-corrected chi connectivity index (χ4v) is 2.42. The third kappa shape index (κ3) is 3.05. The summed E-state index contributed by atoms with van der Waals surface area (Å²) in [6.45, 7) is 1.91. The van der Waals surface area contributed by atoms with Gasteiger partial charge in [0.05, 0.1) is 11.0 Å². The summed E-state index contributed by atoms with van der Waals surface area (Å²) in [6.07, 6.45) is 10.7. The Kier molecular flexibility index (Phi) is 3.86. The molecule has 0 radical (unpaired) electrons. The fraction of sp³-hybridized carbons (Fsp3) is 0.294. The number of aromatic nitrogens is 2. The fourth-order valence-electron chi connectivity index (χ4n) is 2.42. The number of rotatable bonds is 4. The summed E-state index contributed by atoms with van der Waals surface area (Å²) in [4.78, 5) is 19.7. The Balaban J connectivity index is 1.75. The summed E-state index contributed by atoms with van der Waals surface area (Å²) < 4.78 is 0. The molecule has 108 valence electrons. The molecule has 1 amide bonds. The van der Waals surface area contributed by atoms with Crippen LogP contribution in [0.1, 0.15) is 37.9 Å². The number of hydrogen-bond donors (Lipinski definition) is 2. The van der Waals surface area contributed by atoms with Gasteiger partial charge in [-0.15, -0.1) is 0 Å². The molecule has 0 unspecified atom stereocenters. The number of H-pyrrole nitrogens is 1. The number of carbonyl (C=O) groups is 1. The molecule has 0 saturated heterocycles. The third-order valence-electron chi connectivity index (χ3n) is 3.81. The van der Waals surface area contributed by atoms with Crippen LogP contribution in [0.15, 0.2) is 42.5 Å². The van der Waals surface area contributed by atoms with Crippen LogP contribution in [0.25, 0.3) is 11.0 Å². The van der Waals surface area contributed by atoms with Gasteiger partial charge in [0.1, 0.15) is 5.82 Å². The molecule has 0 bridgehead atoms. The summed E-state index contributed by atoms with van der Waals surface area (Å²) in [6, 6.07) is 5.76. The van der Waals surface area contributed by atoms with Crippen molar-refractivity contribution in [2.24, 2.45) is 0 Å². The van der Waals surface area contributed by atoms with Crippen molar-refractivity contribution in [1.29, 1.82) is 0 Å². The Morgan fingerprint density at radius 1 is 1.38 bits per heavy atom. The average Bonchev–Trinajstić information content (AvgIpc) is 2.79. The number of anilines is 1. The van der Waals surface area contributed by atoms with Crippen molar-refractivity contribution in [3.05, 3.63) is 48.3 Å². The molecule has 1 saturated carbocycles. The molecule has 0 spiro atoms. The normalized spacial score (nSPS) is 15.9. The molecule has 1 aromatic carbocycles. The van der Waals surface area contributed by atoms with Gasteiger partial charge >= 0.3 is 0 Å². The van der Waals surface area contributed by atoms with Crippen LogP contribution < -0.4 is 5.32 Å². The molecule has 0 atom stereocenters. The monoisotopic (exact) mass is 281 g/mol. The predicted octanol–water partition coefficient (Wildman–Crippen LogP) is 3.90. The van der Waals surface area contributed by atoms with Gasteiger partial charge in [-0.1, -0.05) is 24.6 Å². The highest BCUT2D eigenvalue weighted by Crippen LogP contribution is 2.35. The van der Waals surface area contributed by atoms with Crippen LogP contribution >= 0.6 is 0 Å². The lowest BCUT2D eigenvalue weighted by atomic mass is 9.85. The minimum Gasteiger partial charge on any atom is -0.342 e. The van der Waals surface area contributed by atoms with E-state index in [0.29, 0.717) is 5.92 Å². The Labute approximate surface area is 124 Å². The van der Waals surface area contributed by atoms with Gasteiger partial charge in [-0.2, -0.15) is 0 Å². The number of nitrogens with one attached hydrogen (secondary N) is 2. The van der Waals surface area contributed by atoms with Crippen LogP contribution in [-0.2, 0) is 4.79 Å². The molecular weight excluding hydrogens is 262 g/mol. The van der Waals surface area contributed by atoms with Crippen molar-refractivity contribution in [3.8, 4) is 0 Å². The number of fused-ring (bicyclic) bond motifs is 1. The number of imidazole rings is 1. The molecule has 1 aliphatic carbocycles. The highest BCUT2D eigenvalue weighted by atomic mass is 16.1. The molecule has 3 rings (SSSR count). The van der Waals surface area contributed by atoms with Crippen LogP contribution in [0.5, 0.6) is 0 Å². The Bertz CT molecular complexity index is 708. The lowest BCUT2D eigenvalue weighted by Gasteiger charge is -2.22. The number of allylic oxidation sites excluding steroid dienone is 3. The molecule has 1 fully saturated rings. The van der Waals surface area contributed by atoms with Gasteiger partial charge in [0.15, 0.2) is 0 Å². The SMILES string of the molecule is C/C=C/C=C/C(=O)Nc1ccc2nc(C3CCC3)[nH]c2c1. The lowest BCUT2D eigenvalue weighted by Crippen LogP contribution is -2.10. The predicted molar refractivity (Wildman–Crippen MR) is 85.3 cm³/mol. The van der Waals surface area contributed by atoms with E-state index in [1.54, 1.807) is 6.08 Å². The number of carbonyl (C=O) groups excluding carboxylic acids is 1. The van der Waals surface area contributed by atoms with Crippen molar-refractivity contribution < 1.29 is 4.79 Å². The molecule has 4 nitrogen and oxygen atoms in total. The minimum atomic E-state index is -0.133.